The zero-order valence-corrected chi connectivity index (χ0v) is 17.7. The number of ether oxygens (including phenoxy) is 2. The van der Waals surface area contributed by atoms with Gasteiger partial charge in [-0.25, -0.2) is 0 Å². The Bertz CT molecular complexity index is 695. The van der Waals surface area contributed by atoms with Gasteiger partial charge >= 0.3 is 5.97 Å². The molecule has 8 heteroatoms. The molecule has 2 bridgehead atoms. The number of aliphatic hydroxyl groups excluding tert-OH is 1. The van der Waals surface area contributed by atoms with E-state index in [0.717, 1.165) is 0 Å². The molecular formula is C21H32N2O6. The largest absolute Gasteiger partial charge is 0.466 e. The van der Waals surface area contributed by atoms with Crippen LogP contribution in [0.2, 0.25) is 0 Å². The van der Waals surface area contributed by atoms with Gasteiger partial charge in [-0.1, -0.05) is 6.08 Å². The summed E-state index contributed by atoms with van der Waals surface area (Å²) in [6.07, 6.45) is 2.35. The molecule has 3 aliphatic heterocycles. The van der Waals surface area contributed by atoms with Crippen LogP contribution in [0.25, 0.3) is 0 Å². The molecule has 0 radical (unpaired) electrons. The Balaban J connectivity index is 2.06. The van der Waals surface area contributed by atoms with Gasteiger partial charge in [-0.05, 0) is 40.5 Å². The molecule has 3 fully saturated rings. The molecule has 0 aliphatic carbocycles. The van der Waals surface area contributed by atoms with E-state index < -0.39 is 41.6 Å². The maximum absolute atomic E-state index is 13.7. The summed E-state index contributed by atoms with van der Waals surface area (Å²) in [6, 6.07) is -1.55. The lowest BCUT2D eigenvalue weighted by Gasteiger charge is -2.39. The molecule has 0 aromatic rings. The quantitative estimate of drug-likeness (QED) is 0.470. The predicted molar refractivity (Wildman–Crippen MR) is 105 cm³/mol. The van der Waals surface area contributed by atoms with Crippen LogP contribution in [0, 0.1) is 11.8 Å². The SMILES string of the molecule is C=CCN(C(=O)[C@@H]1N([C@H](C)CO)C(=O)[C@H]2[C@H](C(=O)OCC)[C@@H]3CC[C@]12O3)C(C)C. The van der Waals surface area contributed by atoms with Crippen molar-refractivity contribution in [3.8, 4) is 0 Å². The molecule has 3 aliphatic rings. The summed E-state index contributed by atoms with van der Waals surface area (Å²) >= 11 is 0. The second-order valence-electron chi connectivity index (χ2n) is 8.46. The summed E-state index contributed by atoms with van der Waals surface area (Å²) in [5.74, 6) is -2.47. The number of fused-ring (bicyclic) bond motifs is 1. The summed E-state index contributed by atoms with van der Waals surface area (Å²) in [6.45, 7) is 11.2. The third-order valence-corrected chi connectivity index (χ3v) is 6.50. The molecule has 29 heavy (non-hydrogen) atoms. The van der Waals surface area contributed by atoms with Crippen LogP contribution in [-0.2, 0) is 23.9 Å². The number of aliphatic hydroxyl groups is 1. The van der Waals surface area contributed by atoms with Crippen LogP contribution in [0.5, 0.6) is 0 Å². The van der Waals surface area contributed by atoms with Crippen LogP contribution in [-0.4, -0.2) is 82.3 Å². The molecule has 1 spiro atoms. The van der Waals surface area contributed by atoms with Crippen molar-refractivity contribution >= 4 is 17.8 Å². The standard InChI is InChI=1S/C21H32N2O6/c1-6-10-22(12(3)4)19(26)17-21-9-8-14(29-21)15(20(27)28-7-2)16(21)18(25)23(17)13(5)11-24/h6,12-17,24H,1,7-11H2,2-5H3/t13-,14+,15-,16-,17+,21-/m1/s1. The van der Waals surface area contributed by atoms with Crippen molar-refractivity contribution in [2.24, 2.45) is 11.8 Å². The highest BCUT2D eigenvalue weighted by atomic mass is 16.6. The first kappa shape index (κ1) is 21.8. The van der Waals surface area contributed by atoms with Crippen molar-refractivity contribution < 1.29 is 29.0 Å². The Morgan fingerprint density at radius 3 is 2.69 bits per heavy atom. The molecule has 0 unspecified atom stereocenters. The molecule has 3 rings (SSSR count). The van der Waals surface area contributed by atoms with E-state index in [1.165, 1.54) is 4.90 Å². The fourth-order valence-corrected chi connectivity index (χ4v) is 5.29. The second kappa shape index (κ2) is 8.07. The minimum atomic E-state index is -1.06. The maximum Gasteiger partial charge on any atom is 0.312 e. The third-order valence-electron chi connectivity index (χ3n) is 6.50. The number of hydrogen-bond acceptors (Lipinski definition) is 6. The minimum Gasteiger partial charge on any atom is -0.466 e. The molecule has 1 N–H and O–H groups in total. The second-order valence-corrected chi connectivity index (χ2v) is 8.46. The molecule has 2 amide bonds. The molecule has 6 atom stereocenters. The Hall–Kier alpha value is -1.93. The van der Waals surface area contributed by atoms with Gasteiger partial charge in [0.05, 0.1) is 37.2 Å². The van der Waals surface area contributed by atoms with E-state index in [4.69, 9.17) is 9.47 Å². The van der Waals surface area contributed by atoms with Gasteiger partial charge in [0, 0.05) is 12.6 Å². The normalized spacial score (nSPS) is 33.7. The first-order chi connectivity index (χ1) is 13.7. The van der Waals surface area contributed by atoms with Gasteiger partial charge in [0.1, 0.15) is 11.6 Å². The summed E-state index contributed by atoms with van der Waals surface area (Å²) < 4.78 is 11.5. The lowest BCUT2D eigenvalue weighted by molar-refractivity contribution is -0.156. The molecular weight excluding hydrogens is 376 g/mol. The van der Waals surface area contributed by atoms with E-state index in [1.54, 1.807) is 24.8 Å². The Labute approximate surface area is 171 Å². The lowest BCUT2D eigenvalue weighted by Crippen LogP contribution is -2.59. The van der Waals surface area contributed by atoms with Crippen molar-refractivity contribution in [2.45, 2.75) is 70.4 Å². The summed E-state index contributed by atoms with van der Waals surface area (Å²) in [5, 5.41) is 9.79. The monoisotopic (exact) mass is 408 g/mol. The third kappa shape index (κ3) is 3.17. The van der Waals surface area contributed by atoms with E-state index in [0.29, 0.717) is 19.4 Å². The topological polar surface area (TPSA) is 96.4 Å². The maximum atomic E-state index is 13.7. The van der Waals surface area contributed by atoms with Crippen molar-refractivity contribution in [3.63, 3.8) is 0 Å². The van der Waals surface area contributed by atoms with Crippen molar-refractivity contribution in [1.82, 2.24) is 9.80 Å². The zero-order chi connectivity index (χ0) is 21.5. The van der Waals surface area contributed by atoms with Crippen molar-refractivity contribution in [3.05, 3.63) is 12.7 Å². The molecule has 8 nitrogen and oxygen atoms in total. The number of nitrogens with zero attached hydrogens (tertiary/aromatic N) is 2. The average Bonchev–Trinajstić information content (AvgIpc) is 3.32. The van der Waals surface area contributed by atoms with E-state index in [2.05, 4.69) is 6.58 Å². The molecule has 3 saturated heterocycles. The number of esters is 1. The highest BCUT2D eigenvalue weighted by Gasteiger charge is 2.75. The highest BCUT2D eigenvalue weighted by molar-refractivity contribution is 5.98. The Kier molecular flexibility index (Phi) is 6.06. The molecule has 3 heterocycles. The predicted octanol–water partition coefficient (Wildman–Crippen LogP) is 0.728. The highest BCUT2D eigenvalue weighted by Crippen LogP contribution is 2.59. The van der Waals surface area contributed by atoms with Gasteiger partial charge in [0.15, 0.2) is 0 Å². The number of likely N-dealkylation sites (tertiary alicyclic amines) is 1. The van der Waals surface area contributed by atoms with Gasteiger partial charge < -0.3 is 24.4 Å². The van der Waals surface area contributed by atoms with Crippen LogP contribution in [0.1, 0.15) is 40.5 Å². The minimum absolute atomic E-state index is 0.100. The van der Waals surface area contributed by atoms with Gasteiger partial charge in [-0.15, -0.1) is 6.58 Å². The lowest BCUT2D eigenvalue weighted by atomic mass is 9.70. The van der Waals surface area contributed by atoms with Gasteiger partial charge in [0.2, 0.25) is 11.8 Å². The van der Waals surface area contributed by atoms with Crippen molar-refractivity contribution in [1.29, 1.82) is 0 Å². The van der Waals surface area contributed by atoms with Crippen LogP contribution < -0.4 is 0 Å². The number of rotatable bonds is 8. The first-order valence-corrected chi connectivity index (χ1v) is 10.4. The van der Waals surface area contributed by atoms with E-state index in [-0.39, 0.29) is 31.1 Å². The fraction of sp³-hybridized carbons (Fsp3) is 0.762. The molecule has 0 aromatic heterocycles. The first-order valence-electron chi connectivity index (χ1n) is 10.4. The van der Waals surface area contributed by atoms with Crippen LogP contribution >= 0.6 is 0 Å². The van der Waals surface area contributed by atoms with Crippen LogP contribution in [0.4, 0.5) is 0 Å². The summed E-state index contributed by atoms with van der Waals surface area (Å²) in [5.41, 5.74) is -1.06. The molecule has 0 aromatic carbocycles. The summed E-state index contributed by atoms with van der Waals surface area (Å²) in [7, 11) is 0. The zero-order valence-electron chi connectivity index (χ0n) is 17.7. The van der Waals surface area contributed by atoms with E-state index in [9.17, 15) is 19.5 Å². The van der Waals surface area contributed by atoms with Gasteiger partial charge in [-0.2, -0.15) is 0 Å². The van der Waals surface area contributed by atoms with Crippen LogP contribution in [0.15, 0.2) is 12.7 Å². The van der Waals surface area contributed by atoms with Gasteiger partial charge in [0.25, 0.3) is 0 Å². The van der Waals surface area contributed by atoms with Crippen LogP contribution in [0.3, 0.4) is 0 Å². The number of carbonyl (C=O) groups excluding carboxylic acids is 3. The smallest absolute Gasteiger partial charge is 0.312 e. The number of hydrogen-bond donors (Lipinski definition) is 1. The Morgan fingerprint density at radius 2 is 2.14 bits per heavy atom. The fourth-order valence-electron chi connectivity index (χ4n) is 5.29. The number of carbonyl (C=O) groups is 3. The molecule has 162 valence electrons. The van der Waals surface area contributed by atoms with E-state index in [1.807, 2.05) is 13.8 Å². The summed E-state index contributed by atoms with van der Waals surface area (Å²) in [4.78, 5) is 42.9. The average molecular weight is 408 g/mol. The number of amides is 2. The Morgan fingerprint density at radius 1 is 1.45 bits per heavy atom. The van der Waals surface area contributed by atoms with E-state index >= 15 is 0 Å². The van der Waals surface area contributed by atoms with Crippen molar-refractivity contribution in [2.75, 3.05) is 19.8 Å². The van der Waals surface area contributed by atoms with Gasteiger partial charge in [-0.3, -0.25) is 14.4 Å². The molecule has 0 saturated carbocycles.